The minimum absolute atomic E-state index is 0.190. The average molecular weight is 442 g/mol. The third-order valence-electron chi connectivity index (χ3n) is 8.14. The number of nitrogens with zero attached hydrogens (tertiary/aromatic N) is 2. The van der Waals surface area contributed by atoms with Crippen LogP contribution in [0.2, 0.25) is 0 Å². The van der Waals surface area contributed by atoms with Gasteiger partial charge in [-0.1, -0.05) is 53.2 Å². The van der Waals surface area contributed by atoms with Crippen LogP contribution in [0.15, 0.2) is 18.2 Å². The number of carbonyl (C=O) groups is 1. The van der Waals surface area contributed by atoms with Gasteiger partial charge in [-0.2, -0.15) is 0 Å². The van der Waals surface area contributed by atoms with Crippen LogP contribution in [0.1, 0.15) is 103 Å². The van der Waals surface area contributed by atoms with Gasteiger partial charge in [0.15, 0.2) is 0 Å². The van der Waals surface area contributed by atoms with Crippen molar-refractivity contribution in [2.45, 2.75) is 91.4 Å². The Morgan fingerprint density at radius 3 is 2.25 bits per heavy atom. The van der Waals surface area contributed by atoms with Gasteiger partial charge in [-0.15, -0.1) is 0 Å². The first-order valence-electron chi connectivity index (χ1n) is 13.1. The topological polar surface area (TPSA) is 49.6 Å². The molecule has 1 saturated carbocycles. The highest BCUT2D eigenvalue weighted by atomic mass is 16.1. The summed E-state index contributed by atoms with van der Waals surface area (Å²) < 4.78 is 0. The monoisotopic (exact) mass is 441 g/mol. The van der Waals surface area contributed by atoms with Crippen molar-refractivity contribution in [2.75, 3.05) is 37.6 Å². The molecular formula is C28H47N3O. The number of piperazine rings is 1. The summed E-state index contributed by atoms with van der Waals surface area (Å²) in [6.07, 6.45) is 8.49. The molecule has 0 aromatic heterocycles. The third kappa shape index (κ3) is 6.07. The van der Waals surface area contributed by atoms with Crippen molar-refractivity contribution >= 4 is 11.6 Å². The molecule has 1 saturated heterocycles. The van der Waals surface area contributed by atoms with Gasteiger partial charge >= 0.3 is 0 Å². The van der Waals surface area contributed by atoms with Crippen molar-refractivity contribution in [1.82, 2.24) is 4.90 Å². The van der Waals surface area contributed by atoms with Crippen molar-refractivity contribution in [1.29, 1.82) is 0 Å². The third-order valence-corrected chi connectivity index (χ3v) is 8.14. The molecule has 1 aromatic carbocycles. The normalized spacial score (nSPS) is 23.8. The van der Waals surface area contributed by atoms with Crippen LogP contribution in [0, 0.1) is 11.3 Å². The van der Waals surface area contributed by atoms with E-state index in [0.717, 1.165) is 44.1 Å². The predicted molar refractivity (Wildman–Crippen MR) is 136 cm³/mol. The number of unbranched alkanes of at least 4 members (excludes halogenated alkanes) is 1. The maximum Gasteiger partial charge on any atom is 0.224 e. The van der Waals surface area contributed by atoms with Crippen LogP contribution in [0.3, 0.4) is 0 Å². The second-order valence-electron chi connectivity index (χ2n) is 11.3. The summed E-state index contributed by atoms with van der Waals surface area (Å²) in [6.45, 7) is 17.1. The summed E-state index contributed by atoms with van der Waals surface area (Å²) in [6, 6.07) is 6.83. The van der Waals surface area contributed by atoms with Crippen molar-refractivity contribution in [2.24, 2.45) is 17.1 Å². The maximum absolute atomic E-state index is 12.1. The molecule has 1 amide bonds. The quantitative estimate of drug-likeness (QED) is 0.546. The van der Waals surface area contributed by atoms with Gasteiger partial charge in [0.25, 0.3) is 0 Å². The summed E-state index contributed by atoms with van der Waals surface area (Å²) in [4.78, 5) is 17.3. The number of primary amides is 1. The lowest BCUT2D eigenvalue weighted by Crippen LogP contribution is -2.47. The van der Waals surface area contributed by atoms with E-state index in [4.69, 9.17) is 5.73 Å². The van der Waals surface area contributed by atoms with E-state index in [1.807, 2.05) is 0 Å². The van der Waals surface area contributed by atoms with E-state index in [1.54, 1.807) is 0 Å². The van der Waals surface area contributed by atoms with Crippen LogP contribution >= 0.6 is 0 Å². The highest BCUT2D eigenvalue weighted by Gasteiger charge is 2.32. The molecule has 1 unspecified atom stereocenters. The molecule has 1 heterocycles. The first-order valence-corrected chi connectivity index (χ1v) is 13.1. The Bertz CT molecular complexity index is 738. The molecule has 1 aliphatic carbocycles. The molecule has 2 N–H and O–H groups in total. The van der Waals surface area contributed by atoms with Gasteiger partial charge in [-0.05, 0) is 79.5 Å². The lowest BCUT2D eigenvalue weighted by Gasteiger charge is -2.40. The van der Waals surface area contributed by atoms with Crippen molar-refractivity contribution in [3.63, 3.8) is 0 Å². The number of nitrogens with two attached hydrogens (primary N) is 1. The first-order chi connectivity index (χ1) is 15.2. The van der Waals surface area contributed by atoms with E-state index in [1.165, 1.54) is 56.3 Å². The fourth-order valence-electron chi connectivity index (χ4n) is 5.86. The van der Waals surface area contributed by atoms with Crippen LogP contribution in [0.25, 0.3) is 0 Å². The Morgan fingerprint density at radius 1 is 1.06 bits per heavy atom. The molecule has 4 nitrogen and oxygen atoms in total. The number of amides is 1. The summed E-state index contributed by atoms with van der Waals surface area (Å²) in [5, 5.41) is 0. The molecule has 32 heavy (non-hydrogen) atoms. The number of anilines is 1. The Labute approximate surface area is 196 Å². The largest absolute Gasteiger partial charge is 0.369 e. The molecule has 0 radical (unpaired) electrons. The van der Waals surface area contributed by atoms with Gasteiger partial charge < -0.3 is 10.6 Å². The molecule has 0 bridgehead atoms. The molecule has 1 atom stereocenters. The van der Waals surface area contributed by atoms with E-state index in [0.29, 0.717) is 11.3 Å². The molecule has 180 valence electrons. The van der Waals surface area contributed by atoms with E-state index in [-0.39, 0.29) is 11.8 Å². The summed E-state index contributed by atoms with van der Waals surface area (Å²) in [5.41, 5.74) is 10.1. The van der Waals surface area contributed by atoms with Crippen molar-refractivity contribution in [3.05, 3.63) is 29.3 Å². The average Bonchev–Trinajstić information content (AvgIpc) is 2.78. The van der Waals surface area contributed by atoms with Crippen LogP contribution < -0.4 is 10.6 Å². The highest BCUT2D eigenvalue weighted by Crippen LogP contribution is 2.45. The zero-order chi connectivity index (χ0) is 23.3. The fraction of sp³-hybridized carbons (Fsp3) is 0.750. The molecule has 2 fully saturated rings. The molecule has 2 aliphatic rings. The van der Waals surface area contributed by atoms with E-state index >= 15 is 0 Å². The molecule has 3 rings (SSSR count). The number of benzene rings is 1. The number of hydrogen-bond acceptors (Lipinski definition) is 3. The second kappa shape index (κ2) is 11.0. The summed E-state index contributed by atoms with van der Waals surface area (Å²) >= 11 is 0. The fourth-order valence-corrected chi connectivity index (χ4v) is 5.86. The Hall–Kier alpha value is -1.55. The van der Waals surface area contributed by atoms with Crippen LogP contribution in [0.5, 0.6) is 0 Å². The van der Waals surface area contributed by atoms with E-state index < -0.39 is 0 Å². The molecule has 0 spiro atoms. The molecule has 4 heteroatoms. The van der Waals surface area contributed by atoms with Gasteiger partial charge in [0.1, 0.15) is 0 Å². The van der Waals surface area contributed by atoms with Crippen LogP contribution in [-0.2, 0) is 4.79 Å². The highest BCUT2D eigenvalue weighted by molar-refractivity contribution is 5.82. The standard InChI is InChI=1S/C28H47N3O/c1-6-8-15-30-16-18-31(19-17-30)26-20-22(24(7-2)27(29)32)11-14-25(26)21-9-12-23(13-10-21)28(3,4)5/h11,14,20-21,23-24H,6-10,12-13,15-19H2,1-5H3,(H2,29,32). The molecule has 1 aliphatic heterocycles. The van der Waals surface area contributed by atoms with Crippen LogP contribution in [-0.4, -0.2) is 43.5 Å². The lowest BCUT2D eigenvalue weighted by molar-refractivity contribution is -0.119. The van der Waals surface area contributed by atoms with Gasteiger partial charge in [0.05, 0.1) is 5.92 Å². The van der Waals surface area contributed by atoms with Crippen molar-refractivity contribution in [3.8, 4) is 0 Å². The Balaban J connectivity index is 1.83. The maximum atomic E-state index is 12.1. The number of carbonyl (C=O) groups excluding carboxylic acids is 1. The predicted octanol–water partition coefficient (Wildman–Crippen LogP) is 5.91. The smallest absolute Gasteiger partial charge is 0.224 e. The summed E-state index contributed by atoms with van der Waals surface area (Å²) in [7, 11) is 0. The van der Waals surface area contributed by atoms with Crippen LogP contribution in [0.4, 0.5) is 5.69 Å². The molecular weight excluding hydrogens is 394 g/mol. The zero-order valence-electron chi connectivity index (χ0n) is 21.3. The number of rotatable bonds is 8. The lowest BCUT2D eigenvalue weighted by atomic mass is 9.68. The number of hydrogen-bond donors (Lipinski definition) is 1. The van der Waals surface area contributed by atoms with Gasteiger partial charge in [-0.25, -0.2) is 0 Å². The minimum atomic E-state index is -0.207. The second-order valence-corrected chi connectivity index (χ2v) is 11.3. The zero-order valence-corrected chi connectivity index (χ0v) is 21.3. The minimum Gasteiger partial charge on any atom is -0.369 e. The Kier molecular flexibility index (Phi) is 8.66. The van der Waals surface area contributed by atoms with Gasteiger partial charge in [0, 0.05) is 31.9 Å². The summed E-state index contributed by atoms with van der Waals surface area (Å²) in [5.74, 6) is 1.05. The first kappa shape index (κ1) is 25.1. The van der Waals surface area contributed by atoms with Gasteiger partial charge in [0.2, 0.25) is 5.91 Å². The SMILES string of the molecule is CCCCN1CCN(c2cc(C(CC)C(N)=O)ccc2C2CCC(C(C)(C)C)CC2)CC1. The Morgan fingerprint density at radius 2 is 1.72 bits per heavy atom. The molecule has 1 aromatic rings. The van der Waals surface area contributed by atoms with Crippen molar-refractivity contribution < 1.29 is 4.79 Å². The van der Waals surface area contributed by atoms with E-state index in [2.05, 4.69) is 62.6 Å². The van der Waals surface area contributed by atoms with E-state index in [9.17, 15) is 4.79 Å². The van der Waals surface area contributed by atoms with Gasteiger partial charge in [-0.3, -0.25) is 9.69 Å².